The molecule has 0 aliphatic heterocycles. The van der Waals surface area contributed by atoms with Gasteiger partial charge in [0.2, 0.25) is 0 Å². The second-order valence-electron chi connectivity index (χ2n) is 8.24. The van der Waals surface area contributed by atoms with Crippen LogP contribution in [0.1, 0.15) is 66.7 Å². The van der Waals surface area contributed by atoms with Gasteiger partial charge in [0.15, 0.2) is 0 Å². The second kappa shape index (κ2) is 5.73. The van der Waals surface area contributed by atoms with Crippen molar-refractivity contribution in [2.24, 2.45) is 17.3 Å². The number of aliphatic hydroxyl groups is 1. The van der Waals surface area contributed by atoms with Crippen LogP contribution in [-0.4, -0.2) is 34.7 Å². The maximum Gasteiger partial charge on any atom is 0.0695 e. The van der Waals surface area contributed by atoms with E-state index in [-0.39, 0.29) is 6.10 Å². The van der Waals surface area contributed by atoms with Crippen LogP contribution in [0, 0.1) is 17.3 Å². The zero-order valence-electron chi connectivity index (χ0n) is 13.5. The first-order valence-corrected chi connectivity index (χ1v) is 8.23. The maximum absolute atomic E-state index is 10.5. The third kappa shape index (κ3) is 3.95. The monoisotopic (exact) mass is 267 g/mol. The zero-order valence-corrected chi connectivity index (χ0v) is 13.5. The summed E-state index contributed by atoms with van der Waals surface area (Å²) in [6, 6.07) is 0.942. The first-order valence-electron chi connectivity index (χ1n) is 8.23. The van der Waals surface area contributed by atoms with Crippen LogP contribution in [0.5, 0.6) is 0 Å². The number of aliphatic hydroxyl groups excluding tert-OH is 1. The summed E-state index contributed by atoms with van der Waals surface area (Å²) in [7, 11) is 0. The van der Waals surface area contributed by atoms with Gasteiger partial charge in [0, 0.05) is 18.6 Å². The molecule has 3 atom stereocenters. The van der Waals surface area contributed by atoms with E-state index in [9.17, 15) is 5.11 Å². The number of hydrogen-bond donors (Lipinski definition) is 1. The largest absolute Gasteiger partial charge is 0.391 e. The van der Waals surface area contributed by atoms with Crippen molar-refractivity contribution >= 4 is 0 Å². The lowest BCUT2D eigenvalue weighted by atomic mass is 9.69. The quantitative estimate of drug-likeness (QED) is 0.840. The van der Waals surface area contributed by atoms with E-state index in [0.717, 1.165) is 18.3 Å². The molecule has 0 saturated heterocycles. The molecule has 2 aliphatic rings. The van der Waals surface area contributed by atoms with Gasteiger partial charge < -0.3 is 5.11 Å². The smallest absolute Gasteiger partial charge is 0.0695 e. The summed E-state index contributed by atoms with van der Waals surface area (Å²) in [6.07, 6.45) is 6.04. The minimum absolute atomic E-state index is 0.111. The van der Waals surface area contributed by atoms with Crippen LogP contribution in [0.15, 0.2) is 0 Å². The lowest BCUT2D eigenvalue weighted by Crippen LogP contribution is -2.52. The van der Waals surface area contributed by atoms with Crippen LogP contribution >= 0.6 is 0 Å². The third-order valence-electron chi connectivity index (χ3n) is 5.26. The van der Waals surface area contributed by atoms with Crippen LogP contribution < -0.4 is 0 Å². The Morgan fingerprint density at radius 3 is 2.21 bits per heavy atom. The van der Waals surface area contributed by atoms with Crippen molar-refractivity contribution in [3.05, 3.63) is 0 Å². The van der Waals surface area contributed by atoms with Gasteiger partial charge in [0.1, 0.15) is 0 Å². The fraction of sp³-hybridized carbons (Fsp3) is 1.00. The molecule has 0 aromatic rings. The van der Waals surface area contributed by atoms with E-state index in [1.807, 2.05) is 0 Å². The fourth-order valence-corrected chi connectivity index (χ4v) is 3.60. The molecular formula is C17H33NO. The van der Waals surface area contributed by atoms with Crippen molar-refractivity contribution in [3.8, 4) is 0 Å². The highest BCUT2D eigenvalue weighted by Gasteiger charge is 2.40. The molecule has 2 heteroatoms. The molecule has 1 N–H and O–H groups in total. The van der Waals surface area contributed by atoms with Crippen LogP contribution in [0.4, 0.5) is 0 Å². The molecule has 2 nitrogen and oxygen atoms in total. The van der Waals surface area contributed by atoms with E-state index in [2.05, 4.69) is 39.5 Å². The van der Waals surface area contributed by atoms with Gasteiger partial charge in [-0.05, 0) is 63.2 Å². The summed E-state index contributed by atoms with van der Waals surface area (Å²) >= 11 is 0. The van der Waals surface area contributed by atoms with Crippen molar-refractivity contribution < 1.29 is 5.11 Å². The lowest BCUT2D eigenvalue weighted by Gasteiger charge is -2.46. The summed E-state index contributed by atoms with van der Waals surface area (Å²) in [6.45, 7) is 12.8. The molecule has 0 radical (unpaired) electrons. The summed E-state index contributed by atoms with van der Waals surface area (Å²) < 4.78 is 0. The normalized spacial score (nSPS) is 33.2. The Balaban J connectivity index is 2.04. The molecule has 2 aliphatic carbocycles. The van der Waals surface area contributed by atoms with E-state index >= 15 is 0 Å². The van der Waals surface area contributed by atoms with E-state index in [1.165, 1.54) is 32.2 Å². The third-order valence-corrected chi connectivity index (χ3v) is 5.26. The van der Waals surface area contributed by atoms with Gasteiger partial charge in [0.05, 0.1) is 6.10 Å². The van der Waals surface area contributed by atoms with Crippen molar-refractivity contribution in [1.82, 2.24) is 4.90 Å². The fourth-order valence-electron chi connectivity index (χ4n) is 3.60. The first kappa shape index (κ1) is 15.3. The summed E-state index contributed by atoms with van der Waals surface area (Å²) in [4.78, 5) is 2.60. The van der Waals surface area contributed by atoms with E-state index < -0.39 is 0 Å². The molecule has 112 valence electrons. The Kier molecular flexibility index (Phi) is 4.62. The van der Waals surface area contributed by atoms with Gasteiger partial charge in [-0.1, -0.05) is 20.8 Å². The number of nitrogens with zero attached hydrogens (tertiary/aromatic N) is 1. The summed E-state index contributed by atoms with van der Waals surface area (Å²) in [5, 5.41) is 10.5. The van der Waals surface area contributed by atoms with Crippen molar-refractivity contribution in [2.75, 3.05) is 6.54 Å². The van der Waals surface area contributed by atoms with Crippen LogP contribution in [-0.2, 0) is 0 Å². The molecule has 0 aromatic heterocycles. The molecule has 0 spiro atoms. The molecule has 0 aromatic carbocycles. The Labute approximate surface area is 119 Å². The predicted molar refractivity (Wildman–Crippen MR) is 81.2 cm³/mol. The second-order valence-corrected chi connectivity index (χ2v) is 8.24. The van der Waals surface area contributed by atoms with Crippen LogP contribution in [0.25, 0.3) is 0 Å². The SMILES string of the molecule is CC(C)N(CC1CC1)C1CC(C(C)(C)C)CCC1O. The van der Waals surface area contributed by atoms with Crippen molar-refractivity contribution in [3.63, 3.8) is 0 Å². The molecular weight excluding hydrogens is 234 g/mol. The van der Waals surface area contributed by atoms with Crippen LogP contribution in [0.3, 0.4) is 0 Å². The predicted octanol–water partition coefficient (Wildman–Crippen LogP) is 3.68. The van der Waals surface area contributed by atoms with Gasteiger partial charge >= 0.3 is 0 Å². The highest BCUT2D eigenvalue weighted by Crippen LogP contribution is 2.41. The van der Waals surface area contributed by atoms with E-state index in [4.69, 9.17) is 0 Å². The highest BCUT2D eigenvalue weighted by atomic mass is 16.3. The van der Waals surface area contributed by atoms with Gasteiger partial charge in [0.25, 0.3) is 0 Å². The Hall–Kier alpha value is -0.0800. The molecule has 0 amide bonds. The highest BCUT2D eigenvalue weighted by molar-refractivity contribution is 4.93. The average Bonchev–Trinajstić information content (AvgIpc) is 3.09. The number of hydrogen-bond acceptors (Lipinski definition) is 2. The summed E-state index contributed by atoms with van der Waals surface area (Å²) in [5.74, 6) is 1.66. The molecule has 19 heavy (non-hydrogen) atoms. The molecule has 3 unspecified atom stereocenters. The standard InChI is InChI=1S/C17H33NO/c1-12(2)18(11-13-6-7-13)15-10-14(17(3,4)5)8-9-16(15)19/h12-16,19H,6-11H2,1-5H3. The number of rotatable bonds is 4. The Bertz CT molecular complexity index is 290. The average molecular weight is 267 g/mol. The molecule has 0 bridgehead atoms. The topological polar surface area (TPSA) is 23.5 Å². The van der Waals surface area contributed by atoms with Crippen molar-refractivity contribution in [1.29, 1.82) is 0 Å². The van der Waals surface area contributed by atoms with E-state index in [0.29, 0.717) is 17.5 Å². The van der Waals surface area contributed by atoms with Gasteiger partial charge in [-0.3, -0.25) is 4.90 Å². The minimum Gasteiger partial charge on any atom is -0.391 e. The molecule has 0 heterocycles. The molecule has 2 saturated carbocycles. The zero-order chi connectivity index (χ0) is 14.2. The lowest BCUT2D eigenvalue weighted by molar-refractivity contribution is -0.0302. The summed E-state index contributed by atoms with van der Waals surface area (Å²) in [5.41, 5.74) is 0.376. The van der Waals surface area contributed by atoms with Crippen LogP contribution in [0.2, 0.25) is 0 Å². The first-order chi connectivity index (χ1) is 8.79. The molecule has 2 rings (SSSR count). The maximum atomic E-state index is 10.5. The Morgan fingerprint density at radius 2 is 1.74 bits per heavy atom. The molecule has 2 fully saturated rings. The minimum atomic E-state index is -0.111. The van der Waals surface area contributed by atoms with Gasteiger partial charge in [-0.2, -0.15) is 0 Å². The van der Waals surface area contributed by atoms with Gasteiger partial charge in [-0.25, -0.2) is 0 Å². The van der Waals surface area contributed by atoms with Crippen molar-refractivity contribution in [2.45, 2.75) is 84.9 Å². The van der Waals surface area contributed by atoms with E-state index in [1.54, 1.807) is 0 Å². The van der Waals surface area contributed by atoms with Gasteiger partial charge in [-0.15, -0.1) is 0 Å². The Morgan fingerprint density at radius 1 is 1.11 bits per heavy atom.